The fourth-order valence-electron chi connectivity index (χ4n) is 3.72. The summed E-state index contributed by atoms with van der Waals surface area (Å²) in [7, 11) is 0. The molecule has 184 valence electrons. The van der Waals surface area contributed by atoms with Gasteiger partial charge in [-0.3, -0.25) is 15.1 Å². The van der Waals surface area contributed by atoms with Crippen molar-refractivity contribution in [2.45, 2.75) is 25.9 Å². The number of nitrogens with one attached hydrogen (secondary N) is 1. The van der Waals surface area contributed by atoms with Gasteiger partial charge in [-0.25, -0.2) is 9.48 Å². The highest BCUT2D eigenvalue weighted by molar-refractivity contribution is 5.86. The number of ether oxygens (including phenoxy) is 2. The molecule has 0 bridgehead atoms. The van der Waals surface area contributed by atoms with Crippen molar-refractivity contribution in [1.82, 2.24) is 14.8 Å². The summed E-state index contributed by atoms with van der Waals surface area (Å²) in [6.07, 6.45) is 3.56. The predicted octanol–water partition coefficient (Wildman–Crippen LogP) is 5.43. The highest BCUT2D eigenvalue weighted by Gasteiger charge is 2.31. The van der Waals surface area contributed by atoms with Gasteiger partial charge < -0.3 is 9.47 Å². The summed E-state index contributed by atoms with van der Waals surface area (Å²) >= 11 is 0. The maximum absolute atomic E-state index is 12.6. The predicted molar refractivity (Wildman–Crippen MR) is 135 cm³/mol. The Kier molecular flexibility index (Phi) is 6.64. The quantitative estimate of drug-likeness (QED) is 0.269. The summed E-state index contributed by atoms with van der Waals surface area (Å²) in [6.45, 7) is 1.77. The molecule has 0 aliphatic heterocycles. The molecule has 1 aliphatic carbocycles. The van der Waals surface area contributed by atoms with Gasteiger partial charge in [-0.05, 0) is 61.7 Å². The van der Waals surface area contributed by atoms with E-state index < -0.39 is 12.2 Å². The number of pyridine rings is 1. The van der Waals surface area contributed by atoms with Crippen LogP contribution >= 0.6 is 0 Å². The minimum absolute atomic E-state index is 0.0335. The monoisotopic (exact) mass is 493 g/mol. The summed E-state index contributed by atoms with van der Waals surface area (Å²) in [5.74, 6) is 0.534. The molecule has 0 spiro atoms. The number of hydrogen-bond acceptors (Lipinski definition) is 7. The second-order valence-electron chi connectivity index (χ2n) is 8.64. The average molecular weight is 494 g/mol. The van der Waals surface area contributed by atoms with E-state index in [2.05, 4.69) is 15.4 Å². The lowest BCUT2D eigenvalue weighted by molar-refractivity contribution is -0.135. The van der Waals surface area contributed by atoms with E-state index in [9.17, 15) is 14.9 Å². The highest BCUT2D eigenvalue weighted by Crippen LogP contribution is 2.31. The number of nitriles is 1. The Labute approximate surface area is 213 Å². The van der Waals surface area contributed by atoms with Crippen molar-refractivity contribution in [3.05, 3.63) is 90.3 Å². The number of carbonyl (C=O) groups is 2. The highest BCUT2D eigenvalue weighted by atomic mass is 16.6. The third kappa shape index (κ3) is 5.49. The van der Waals surface area contributed by atoms with E-state index in [1.165, 1.54) is 10.9 Å². The van der Waals surface area contributed by atoms with Crippen LogP contribution in [0.5, 0.6) is 5.75 Å². The molecule has 5 rings (SSSR count). The Bertz CT molecular complexity index is 1450. The van der Waals surface area contributed by atoms with Crippen LogP contribution < -0.4 is 10.1 Å². The third-order valence-electron chi connectivity index (χ3n) is 5.93. The zero-order valence-corrected chi connectivity index (χ0v) is 20.0. The number of aromatic nitrogens is 3. The molecule has 9 heteroatoms. The van der Waals surface area contributed by atoms with Gasteiger partial charge >= 0.3 is 12.1 Å². The summed E-state index contributed by atoms with van der Waals surface area (Å²) in [5.41, 5.74) is 3.12. The molecular formula is C28H23N5O4. The number of benzene rings is 2. The summed E-state index contributed by atoms with van der Waals surface area (Å²) < 4.78 is 12.3. The molecule has 1 atom stereocenters. The lowest BCUT2D eigenvalue weighted by Crippen LogP contribution is -2.19. The number of anilines is 1. The molecule has 1 unspecified atom stereocenters. The molecule has 2 aromatic carbocycles. The maximum Gasteiger partial charge on any atom is 0.413 e. The maximum atomic E-state index is 12.6. The first-order valence-electron chi connectivity index (χ1n) is 11.8. The molecule has 0 saturated heterocycles. The second-order valence-corrected chi connectivity index (χ2v) is 8.64. The largest absolute Gasteiger partial charge is 0.441 e. The van der Waals surface area contributed by atoms with Crippen molar-refractivity contribution in [1.29, 1.82) is 5.26 Å². The molecule has 1 N–H and O–H groups in total. The molecule has 1 amide bonds. The number of carbonyl (C=O) groups excluding carboxylic acids is 2. The van der Waals surface area contributed by atoms with E-state index in [1.807, 2.05) is 48.5 Å². The molecule has 4 aromatic rings. The van der Waals surface area contributed by atoms with Crippen LogP contribution in [0.25, 0.3) is 16.9 Å². The third-order valence-corrected chi connectivity index (χ3v) is 5.93. The topological polar surface area (TPSA) is 119 Å². The smallest absolute Gasteiger partial charge is 0.413 e. The van der Waals surface area contributed by atoms with E-state index in [0.29, 0.717) is 17.1 Å². The lowest BCUT2D eigenvalue weighted by Gasteiger charge is -2.15. The Morgan fingerprint density at radius 2 is 1.81 bits per heavy atom. The number of esters is 1. The fourth-order valence-corrected chi connectivity index (χ4v) is 3.72. The van der Waals surface area contributed by atoms with Crippen molar-refractivity contribution < 1.29 is 19.1 Å². The Balaban J connectivity index is 1.29. The molecule has 0 radical (unpaired) electrons. The molecule has 37 heavy (non-hydrogen) atoms. The van der Waals surface area contributed by atoms with Gasteiger partial charge in [-0.15, -0.1) is 0 Å². The van der Waals surface area contributed by atoms with E-state index in [-0.39, 0.29) is 23.3 Å². The van der Waals surface area contributed by atoms with Crippen molar-refractivity contribution >= 4 is 17.9 Å². The molecule has 2 aromatic heterocycles. The summed E-state index contributed by atoms with van der Waals surface area (Å²) in [5, 5.41) is 16.4. The zero-order valence-electron chi connectivity index (χ0n) is 20.0. The van der Waals surface area contributed by atoms with Gasteiger partial charge in [0.2, 0.25) is 0 Å². The molecule has 9 nitrogen and oxygen atoms in total. The van der Waals surface area contributed by atoms with Gasteiger partial charge in [-0.2, -0.15) is 10.4 Å². The van der Waals surface area contributed by atoms with Crippen LogP contribution in [0.3, 0.4) is 0 Å². The summed E-state index contributed by atoms with van der Waals surface area (Å²) in [4.78, 5) is 28.9. The zero-order chi connectivity index (χ0) is 25.8. The van der Waals surface area contributed by atoms with E-state index in [0.717, 1.165) is 24.0 Å². The van der Waals surface area contributed by atoms with Crippen LogP contribution in [0.2, 0.25) is 0 Å². The van der Waals surface area contributed by atoms with Crippen LogP contribution in [-0.2, 0) is 9.53 Å². The first kappa shape index (κ1) is 23.8. The van der Waals surface area contributed by atoms with Gasteiger partial charge in [0, 0.05) is 5.56 Å². The Morgan fingerprint density at radius 3 is 2.46 bits per heavy atom. The molecule has 1 saturated carbocycles. The minimum atomic E-state index is -0.707. The Hall–Kier alpha value is -4.97. The average Bonchev–Trinajstić information content (AvgIpc) is 3.71. The first-order chi connectivity index (χ1) is 18.0. The van der Waals surface area contributed by atoms with Crippen molar-refractivity contribution in [3.8, 4) is 28.8 Å². The molecule has 1 fully saturated rings. The van der Waals surface area contributed by atoms with Gasteiger partial charge in [0.15, 0.2) is 5.82 Å². The molecule has 2 heterocycles. The van der Waals surface area contributed by atoms with Gasteiger partial charge in [-0.1, -0.05) is 30.3 Å². The lowest BCUT2D eigenvalue weighted by atomic mass is 10.1. The fraction of sp³-hybridized carbons (Fsp3) is 0.179. The SMILES string of the molecule is CC(OC(=O)Nc1c(C#N)cnn1-c1ccc(-c2ccc(OC(=O)C3CC3)cc2)nc1)c1ccccc1. The number of rotatable bonds is 7. The number of amides is 1. The van der Waals surface area contributed by atoms with Gasteiger partial charge in [0.25, 0.3) is 0 Å². The van der Waals surface area contributed by atoms with Crippen LogP contribution in [-0.4, -0.2) is 26.8 Å². The molecular weight excluding hydrogens is 470 g/mol. The summed E-state index contributed by atoms with van der Waals surface area (Å²) in [6, 6.07) is 22.1. The minimum Gasteiger partial charge on any atom is -0.441 e. The van der Waals surface area contributed by atoms with E-state index >= 15 is 0 Å². The van der Waals surface area contributed by atoms with Crippen LogP contribution in [0.1, 0.15) is 37.0 Å². The van der Waals surface area contributed by atoms with Crippen molar-refractivity contribution in [2.75, 3.05) is 5.32 Å². The van der Waals surface area contributed by atoms with Crippen LogP contribution in [0, 0.1) is 17.2 Å². The normalized spacial score (nSPS) is 13.3. The Morgan fingerprint density at radius 1 is 1.05 bits per heavy atom. The first-order valence-corrected chi connectivity index (χ1v) is 11.8. The number of hydrogen-bond donors (Lipinski definition) is 1. The van der Waals surface area contributed by atoms with Crippen molar-refractivity contribution in [2.24, 2.45) is 5.92 Å². The van der Waals surface area contributed by atoms with Gasteiger partial charge in [0.05, 0.1) is 29.7 Å². The second kappa shape index (κ2) is 10.3. The van der Waals surface area contributed by atoms with Crippen LogP contribution in [0.4, 0.5) is 10.6 Å². The van der Waals surface area contributed by atoms with Crippen molar-refractivity contribution in [3.63, 3.8) is 0 Å². The van der Waals surface area contributed by atoms with E-state index in [4.69, 9.17) is 9.47 Å². The van der Waals surface area contributed by atoms with Gasteiger partial charge in [0.1, 0.15) is 23.5 Å². The standard InChI is InChI=1S/C28H23N5O4/c1-18(19-5-3-2-4-6-19)36-28(35)32-26-22(15-29)16-31-33(26)23-11-14-25(30-17-23)20-9-12-24(13-10-20)37-27(34)21-7-8-21/h2-6,9-14,16-18,21H,7-8H2,1H3,(H,32,35). The number of nitrogens with zero attached hydrogens (tertiary/aromatic N) is 4. The van der Waals surface area contributed by atoms with Crippen LogP contribution in [0.15, 0.2) is 79.1 Å². The van der Waals surface area contributed by atoms with E-state index in [1.54, 1.807) is 37.4 Å². The molecule has 1 aliphatic rings.